The minimum Gasteiger partial charge on any atom is -0.472 e. The Kier molecular flexibility index (Phi) is 3.10. The molecule has 82 valence electrons. The first-order chi connectivity index (χ1) is 7.75. The summed E-state index contributed by atoms with van der Waals surface area (Å²) in [4.78, 5) is 2.09. The van der Waals surface area contributed by atoms with E-state index >= 15 is 0 Å². The van der Waals surface area contributed by atoms with Gasteiger partial charge in [0.15, 0.2) is 0 Å². The van der Waals surface area contributed by atoms with E-state index in [0.717, 1.165) is 5.56 Å². The van der Waals surface area contributed by atoms with Crippen molar-refractivity contribution in [2.45, 2.75) is 0 Å². The summed E-state index contributed by atoms with van der Waals surface area (Å²) in [5.74, 6) is 0. The Morgan fingerprint density at radius 2 is 1.62 bits per heavy atom. The van der Waals surface area contributed by atoms with Gasteiger partial charge in [0.05, 0.1) is 12.5 Å². The molecular weight excluding hydrogens is 198 g/mol. The van der Waals surface area contributed by atoms with E-state index in [0.29, 0.717) is 0 Å². The largest absolute Gasteiger partial charge is 0.472 e. The average Bonchev–Trinajstić information content (AvgIpc) is 2.80. The molecule has 0 radical (unpaired) electrons. The predicted molar refractivity (Wildman–Crippen MR) is 68.4 cm³/mol. The first-order valence-corrected chi connectivity index (χ1v) is 5.23. The molecule has 2 rings (SSSR count). The molecule has 0 spiro atoms. The molecule has 1 aromatic heterocycles. The third kappa shape index (κ3) is 2.54. The highest BCUT2D eigenvalue weighted by Gasteiger charge is 1.93. The smallest absolute Gasteiger partial charge is 0.0974 e. The van der Waals surface area contributed by atoms with Crippen LogP contribution in [0.15, 0.2) is 47.3 Å². The number of nitrogens with zero attached hydrogens (tertiary/aromatic N) is 1. The Balaban J connectivity index is 2.11. The molecule has 0 aliphatic rings. The Hall–Kier alpha value is -1.96. The normalized spacial score (nSPS) is 10.9. The molecule has 0 saturated carbocycles. The highest BCUT2D eigenvalue weighted by molar-refractivity contribution is 5.70. The van der Waals surface area contributed by atoms with Crippen LogP contribution in [-0.4, -0.2) is 14.1 Å². The van der Waals surface area contributed by atoms with Gasteiger partial charge in [-0.1, -0.05) is 24.3 Å². The number of hydrogen-bond donors (Lipinski definition) is 0. The zero-order valence-corrected chi connectivity index (χ0v) is 9.55. The monoisotopic (exact) mass is 213 g/mol. The second-order valence-electron chi connectivity index (χ2n) is 3.88. The van der Waals surface area contributed by atoms with Crippen molar-refractivity contribution in [2.75, 3.05) is 19.0 Å². The third-order valence-electron chi connectivity index (χ3n) is 2.42. The van der Waals surface area contributed by atoms with Gasteiger partial charge in [0, 0.05) is 25.3 Å². The van der Waals surface area contributed by atoms with Crippen LogP contribution in [0, 0.1) is 0 Å². The van der Waals surface area contributed by atoms with Gasteiger partial charge in [-0.2, -0.15) is 0 Å². The Morgan fingerprint density at radius 1 is 0.938 bits per heavy atom. The Morgan fingerprint density at radius 3 is 2.19 bits per heavy atom. The predicted octanol–water partition coefficient (Wildman–Crippen LogP) is 3.52. The maximum Gasteiger partial charge on any atom is 0.0974 e. The van der Waals surface area contributed by atoms with Crippen molar-refractivity contribution in [3.05, 3.63) is 54.0 Å². The fraction of sp³-hybridized carbons (Fsp3) is 0.143. The summed E-state index contributed by atoms with van der Waals surface area (Å²) in [6.45, 7) is 0. The van der Waals surface area contributed by atoms with Crippen LogP contribution >= 0.6 is 0 Å². The van der Waals surface area contributed by atoms with Gasteiger partial charge in [0.1, 0.15) is 0 Å². The van der Waals surface area contributed by atoms with Crippen molar-refractivity contribution in [3.63, 3.8) is 0 Å². The molecule has 2 heteroatoms. The van der Waals surface area contributed by atoms with Crippen LogP contribution in [0.4, 0.5) is 5.69 Å². The molecule has 0 fully saturated rings. The highest BCUT2D eigenvalue weighted by Crippen LogP contribution is 2.14. The van der Waals surface area contributed by atoms with Crippen LogP contribution in [-0.2, 0) is 0 Å². The summed E-state index contributed by atoms with van der Waals surface area (Å²) in [6, 6.07) is 10.4. The summed E-state index contributed by atoms with van der Waals surface area (Å²) in [6.07, 6.45) is 7.51. The van der Waals surface area contributed by atoms with E-state index in [4.69, 9.17) is 4.42 Å². The van der Waals surface area contributed by atoms with Crippen molar-refractivity contribution in [1.29, 1.82) is 0 Å². The van der Waals surface area contributed by atoms with Crippen LogP contribution in [0.3, 0.4) is 0 Å². The quantitative estimate of drug-likeness (QED) is 0.775. The molecule has 0 N–H and O–H groups in total. The lowest BCUT2D eigenvalue weighted by Gasteiger charge is -2.11. The van der Waals surface area contributed by atoms with E-state index in [-0.39, 0.29) is 0 Å². The number of rotatable bonds is 3. The Bertz CT molecular complexity index is 452. The molecule has 2 nitrogen and oxygen atoms in total. The molecular formula is C14H15NO. The first kappa shape index (κ1) is 10.6. The van der Waals surface area contributed by atoms with E-state index in [1.807, 2.05) is 26.2 Å². The van der Waals surface area contributed by atoms with Gasteiger partial charge >= 0.3 is 0 Å². The maximum atomic E-state index is 5.00. The van der Waals surface area contributed by atoms with Gasteiger partial charge < -0.3 is 9.32 Å². The zero-order valence-electron chi connectivity index (χ0n) is 9.55. The number of hydrogen-bond acceptors (Lipinski definition) is 2. The molecule has 0 aliphatic heterocycles. The standard InChI is InChI=1S/C14H15NO/c1-15(2)14-7-5-12(6-8-14)3-4-13-9-10-16-11-13/h3-11H,1-2H3/b4-3+. The van der Waals surface area contributed by atoms with Crippen LogP contribution in [0.25, 0.3) is 12.2 Å². The molecule has 0 amide bonds. The fourth-order valence-corrected chi connectivity index (χ4v) is 1.45. The molecule has 1 aromatic carbocycles. The number of benzene rings is 1. The second-order valence-corrected chi connectivity index (χ2v) is 3.88. The third-order valence-corrected chi connectivity index (χ3v) is 2.42. The van der Waals surface area contributed by atoms with Gasteiger partial charge in [0.2, 0.25) is 0 Å². The van der Waals surface area contributed by atoms with E-state index in [2.05, 4.69) is 35.2 Å². The van der Waals surface area contributed by atoms with E-state index in [1.165, 1.54) is 11.3 Å². The molecule has 0 aliphatic carbocycles. The van der Waals surface area contributed by atoms with Crippen LogP contribution in [0.1, 0.15) is 11.1 Å². The molecule has 0 unspecified atom stereocenters. The lowest BCUT2D eigenvalue weighted by molar-refractivity contribution is 0.567. The van der Waals surface area contributed by atoms with Crippen molar-refractivity contribution < 1.29 is 4.42 Å². The van der Waals surface area contributed by atoms with Crippen LogP contribution in [0.2, 0.25) is 0 Å². The summed E-state index contributed by atoms with van der Waals surface area (Å²) < 4.78 is 5.00. The summed E-state index contributed by atoms with van der Waals surface area (Å²) in [5, 5.41) is 0. The fourth-order valence-electron chi connectivity index (χ4n) is 1.45. The van der Waals surface area contributed by atoms with Gasteiger partial charge in [-0.15, -0.1) is 0 Å². The molecule has 2 aromatic rings. The van der Waals surface area contributed by atoms with Gasteiger partial charge in [-0.05, 0) is 23.8 Å². The number of anilines is 1. The first-order valence-electron chi connectivity index (χ1n) is 5.23. The Labute approximate surface area is 95.8 Å². The molecule has 0 saturated heterocycles. The molecule has 1 heterocycles. The highest BCUT2D eigenvalue weighted by atomic mass is 16.3. The lowest BCUT2D eigenvalue weighted by atomic mass is 10.1. The van der Waals surface area contributed by atoms with Crippen LogP contribution < -0.4 is 4.90 Å². The van der Waals surface area contributed by atoms with E-state index < -0.39 is 0 Å². The molecule has 0 atom stereocenters. The van der Waals surface area contributed by atoms with Gasteiger partial charge in [-0.3, -0.25) is 0 Å². The second kappa shape index (κ2) is 4.71. The SMILES string of the molecule is CN(C)c1ccc(/C=C/c2ccoc2)cc1. The molecule has 0 bridgehead atoms. The minimum atomic E-state index is 1.08. The maximum absolute atomic E-state index is 5.00. The summed E-state index contributed by atoms with van der Waals surface area (Å²) >= 11 is 0. The lowest BCUT2D eigenvalue weighted by Crippen LogP contribution is -2.07. The van der Waals surface area contributed by atoms with Crippen molar-refractivity contribution in [1.82, 2.24) is 0 Å². The molecule has 16 heavy (non-hydrogen) atoms. The number of furan rings is 1. The van der Waals surface area contributed by atoms with E-state index in [9.17, 15) is 0 Å². The van der Waals surface area contributed by atoms with Gasteiger partial charge in [-0.25, -0.2) is 0 Å². The minimum absolute atomic E-state index is 1.08. The van der Waals surface area contributed by atoms with Gasteiger partial charge in [0.25, 0.3) is 0 Å². The summed E-state index contributed by atoms with van der Waals surface area (Å²) in [7, 11) is 4.08. The van der Waals surface area contributed by atoms with Crippen LogP contribution in [0.5, 0.6) is 0 Å². The summed E-state index contributed by atoms with van der Waals surface area (Å²) in [5.41, 5.74) is 3.48. The van der Waals surface area contributed by atoms with Crippen molar-refractivity contribution >= 4 is 17.8 Å². The average molecular weight is 213 g/mol. The van der Waals surface area contributed by atoms with Crippen molar-refractivity contribution in [3.8, 4) is 0 Å². The zero-order chi connectivity index (χ0) is 11.4. The topological polar surface area (TPSA) is 16.4 Å². The van der Waals surface area contributed by atoms with E-state index in [1.54, 1.807) is 12.5 Å². The van der Waals surface area contributed by atoms with Crippen molar-refractivity contribution in [2.24, 2.45) is 0 Å².